The Bertz CT molecular complexity index is 1590. The quantitative estimate of drug-likeness (QED) is 0.254. The van der Waals surface area contributed by atoms with E-state index < -0.39 is 30.0 Å². The molecule has 2 aromatic heterocycles. The van der Waals surface area contributed by atoms with Crippen LogP contribution in [0.2, 0.25) is 0 Å². The highest BCUT2D eigenvalue weighted by Crippen LogP contribution is 2.36. The maximum Gasteiger partial charge on any atom is 0.425 e. The van der Waals surface area contributed by atoms with Crippen LogP contribution in [-0.4, -0.2) is 52.6 Å². The Kier molecular flexibility index (Phi) is 8.59. The molecule has 4 rings (SSSR count). The number of fused-ring (bicyclic) bond motifs is 3. The van der Waals surface area contributed by atoms with Crippen LogP contribution >= 0.6 is 0 Å². The second-order valence-corrected chi connectivity index (χ2v) is 8.44. The van der Waals surface area contributed by atoms with Gasteiger partial charge in [0.05, 0.1) is 36.3 Å². The summed E-state index contributed by atoms with van der Waals surface area (Å²) < 4.78 is 57.5. The third-order valence-electron chi connectivity index (χ3n) is 5.86. The number of nitrogens with zero attached hydrogens (tertiary/aromatic N) is 4. The van der Waals surface area contributed by atoms with Crippen LogP contribution in [0.5, 0.6) is 0 Å². The van der Waals surface area contributed by atoms with Crippen molar-refractivity contribution in [3.63, 3.8) is 0 Å². The molecular weight excluding hydrogens is 547 g/mol. The molecule has 0 bridgehead atoms. The standard InChI is InChI=1S/C27H26F3N5O6/c1-4-39-24(36)33-23-31-19-11-12-20-17(13-14-34(20)15-16-9-7-8-10-18(16)27(28,29)30)21(19)22(32-23)35(25(37)40-5-2)26(38)41-6-3/h7-14H,4-6,15H2,1-3H3,(H,31,32,33,36). The van der Waals surface area contributed by atoms with E-state index in [2.05, 4.69) is 15.3 Å². The van der Waals surface area contributed by atoms with Crippen molar-refractivity contribution in [3.05, 3.63) is 59.8 Å². The van der Waals surface area contributed by atoms with Gasteiger partial charge in [0.25, 0.3) is 0 Å². The number of imide groups is 1. The minimum Gasteiger partial charge on any atom is -0.450 e. The number of hydrogen-bond acceptors (Lipinski definition) is 8. The Morgan fingerprint density at radius 2 is 1.56 bits per heavy atom. The maximum absolute atomic E-state index is 13.6. The number of amides is 3. The van der Waals surface area contributed by atoms with Gasteiger partial charge in [-0.3, -0.25) is 5.32 Å². The predicted molar refractivity (Wildman–Crippen MR) is 143 cm³/mol. The van der Waals surface area contributed by atoms with E-state index in [1.165, 1.54) is 24.3 Å². The van der Waals surface area contributed by atoms with Crippen molar-refractivity contribution in [2.45, 2.75) is 33.5 Å². The number of alkyl halides is 3. The maximum atomic E-state index is 13.6. The first kappa shape index (κ1) is 29.1. The van der Waals surface area contributed by atoms with Crippen LogP contribution in [-0.2, 0) is 26.9 Å². The number of ether oxygens (including phenoxy) is 3. The van der Waals surface area contributed by atoms with E-state index in [9.17, 15) is 27.6 Å². The van der Waals surface area contributed by atoms with Crippen LogP contribution < -0.4 is 10.2 Å². The van der Waals surface area contributed by atoms with Crippen molar-refractivity contribution in [1.82, 2.24) is 14.5 Å². The molecule has 4 aromatic rings. The molecule has 0 aliphatic rings. The topological polar surface area (TPSA) is 125 Å². The van der Waals surface area contributed by atoms with Gasteiger partial charge in [0.1, 0.15) is 0 Å². The Morgan fingerprint density at radius 3 is 2.20 bits per heavy atom. The molecule has 0 saturated heterocycles. The van der Waals surface area contributed by atoms with Crippen LogP contribution in [0.1, 0.15) is 31.9 Å². The lowest BCUT2D eigenvalue weighted by molar-refractivity contribution is -0.138. The zero-order valence-corrected chi connectivity index (χ0v) is 22.3. The van der Waals surface area contributed by atoms with Gasteiger partial charge in [-0.2, -0.15) is 23.1 Å². The number of halogens is 3. The number of carbonyl (C=O) groups is 3. The van der Waals surface area contributed by atoms with Gasteiger partial charge in [0.2, 0.25) is 5.95 Å². The van der Waals surface area contributed by atoms with E-state index in [4.69, 9.17) is 14.2 Å². The summed E-state index contributed by atoms with van der Waals surface area (Å²) in [4.78, 5) is 47.2. The Balaban J connectivity index is 1.94. The smallest absolute Gasteiger partial charge is 0.425 e. The summed E-state index contributed by atoms with van der Waals surface area (Å²) in [6.07, 6.45) is -6.03. The van der Waals surface area contributed by atoms with Crippen molar-refractivity contribution in [3.8, 4) is 0 Å². The summed E-state index contributed by atoms with van der Waals surface area (Å²) in [5, 5.41) is 2.97. The van der Waals surface area contributed by atoms with E-state index in [0.29, 0.717) is 15.8 Å². The first-order chi connectivity index (χ1) is 19.6. The number of aromatic nitrogens is 3. The minimum atomic E-state index is -4.55. The van der Waals surface area contributed by atoms with Crippen molar-refractivity contribution >= 4 is 51.9 Å². The van der Waals surface area contributed by atoms with Crippen molar-refractivity contribution in [2.24, 2.45) is 0 Å². The summed E-state index contributed by atoms with van der Waals surface area (Å²) >= 11 is 0. The van der Waals surface area contributed by atoms with E-state index >= 15 is 0 Å². The number of carbonyl (C=O) groups excluding carboxylic acids is 3. The Morgan fingerprint density at radius 1 is 0.902 bits per heavy atom. The van der Waals surface area contributed by atoms with Gasteiger partial charge < -0.3 is 18.8 Å². The lowest BCUT2D eigenvalue weighted by Crippen LogP contribution is -2.39. The monoisotopic (exact) mass is 573 g/mol. The average Bonchev–Trinajstić information content (AvgIpc) is 3.31. The summed E-state index contributed by atoms with van der Waals surface area (Å²) in [5.41, 5.74) is -0.0423. The normalized spacial score (nSPS) is 11.4. The second kappa shape index (κ2) is 12.1. The zero-order valence-electron chi connectivity index (χ0n) is 22.3. The molecule has 1 N–H and O–H groups in total. The molecule has 3 amide bonds. The van der Waals surface area contributed by atoms with Crippen molar-refractivity contribution in [2.75, 3.05) is 30.0 Å². The molecule has 0 saturated carbocycles. The molecular formula is C27H26F3N5O6. The molecule has 0 aliphatic heterocycles. The van der Waals surface area contributed by atoms with Crippen LogP contribution in [0.4, 0.5) is 39.3 Å². The van der Waals surface area contributed by atoms with Crippen LogP contribution in [0, 0.1) is 0 Å². The molecule has 0 fully saturated rings. The fourth-order valence-corrected chi connectivity index (χ4v) is 4.24. The van der Waals surface area contributed by atoms with Gasteiger partial charge in [-0.05, 0) is 50.6 Å². The molecule has 0 atom stereocenters. The molecule has 11 nitrogen and oxygen atoms in total. The van der Waals surface area contributed by atoms with E-state index in [-0.39, 0.29) is 54.6 Å². The van der Waals surface area contributed by atoms with Gasteiger partial charge in [-0.25, -0.2) is 19.4 Å². The molecule has 2 aromatic carbocycles. The third-order valence-corrected chi connectivity index (χ3v) is 5.86. The Hall–Kier alpha value is -4.88. The molecule has 14 heteroatoms. The van der Waals surface area contributed by atoms with E-state index in [1.807, 2.05) is 0 Å². The molecule has 216 valence electrons. The minimum absolute atomic E-state index is 0.0442. The molecule has 41 heavy (non-hydrogen) atoms. The average molecular weight is 574 g/mol. The predicted octanol–water partition coefficient (Wildman–Crippen LogP) is 6.34. The molecule has 0 unspecified atom stereocenters. The highest BCUT2D eigenvalue weighted by Gasteiger charge is 2.34. The molecule has 0 radical (unpaired) electrons. The summed E-state index contributed by atoms with van der Waals surface area (Å²) in [5.74, 6) is -0.542. The highest BCUT2D eigenvalue weighted by atomic mass is 19.4. The van der Waals surface area contributed by atoms with Gasteiger partial charge in [0, 0.05) is 23.6 Å². The van der Waals surface area contributed by atoms with Crippen LogP contribution in [0.15, 0.2) is 48.7 Å². The summed E-state index contributed by atoms with van der Waals surface area (Å²) in [7, 11) is 0. The van der Waals surface area contributed by atoms with Gasteiger partial charge >= 0.3 is 24.5 Å². The zero-order chi connectivity index (χ0) is 29.7. The third kappa shape index (κ3) is 6.15. The van der Waals surface area contributed by atoms with E-state index in [1.54, 1.807) is 43.7 Å². The lowest BCUT2D eigenvalue weighted by Gasteiger charge is -2.21. The fraction of sp³-hybridized carbons (Fsp3) is 0.296. The van der Waals surface area contributed by atoms with Crippen molar-refractivity contribution in [1.29, 1.82) is 0 Å². The highest BCUT2D eigenvalue weighted by molar-refractivity contribution is 6.19. The number of rotatable bonds is 7. The first-order valence-corrected chi connectivity index (χ1v) is 12.6. The molecule has 2 heterocycles. The van der Waals surface area contributed by atoms with Crippen LogP contribution in [0.25, 0.3) is 21.8 Å². The van der Waals surface area contributed by atoms with E-state index in [0.717, 1.165) is 6.07 Å². The number of anilines is 2. The van der Waals surface area contributed by atoms with Gasteiger partial charge in [-0.1, -0.05) is 18.2 Å². The Labute approximate surface area is 231 Å². The number of hydrogen-bond donors (Lipinski definition) is 1. The molecule has 0 aliphatic carbocycles. The van der Waals surface area contributed by atoms with Gasteiger partial charge in [0.15, 0.2) is 5.82 Å². The van der Waals surface area contributed by atoms with Crippen LogP contribution in [0.3, 0.4) is 0 Å². The summed E-state index contributed by atoms with van der Waals surface area (Å²) in [6.45, 7) is 4.49. The fourth-order valence-electron chi connectivity index (χ4n) is 4.24. The molecule has 0 spiro atoms. The van der Waals surface area contributed by atoms with Crippen molar-refractivity contribution < 1.29 is 41.8 Å². The largest absolute Gasteiger partial charge is 0.450 e. The second-order valence-electron chi connectivity index (χ2n) is 8.44. The van der Waals surface area contributed by atoms with Gasteiger partial charge in [-0.15, -0.1) is 0 Å². The summed E-state index contributed by atoms with van der Waals surface area (Å²) in [6, 6.07) is 9.99. The lowest BCUT2D eigenvalue weighted by atomic mass is 10.1. The first-order valence-electron chi connectivity index (χ1n) is 12.6. The number of nitrogens with one attached hydrogen (secondary N) is 1. The SMILES string of the molecule is CCOC(=O)Nc1nc(N(C(=O)OCC)C(=O)OCC)c2c(ccc3c2ccn3Cc2ccccc2C(F)(F)F)n1. The number of benzene rings is 2.